The molecule has 35 heavy (non-hydrogen) atoms. The smallest absolute Gasteiger partial charge is 0.251 e. The van der Waals surface area contributed by atoms with Crippen LogP contribution in [0.5, 0.6) is 0 Å². The van der Waals surface area contributed by atoms with E-state index >= 15 is 0 Å². The number of nitrogens with one attached hydrogen (secondary N) is 2. The maximum atomic E-state index is 12.8. The highest BCUT2D eigenvalue weighted by atomic mass is 32.2. The molecular formula is C27H29N5O2S. The molecule has 0 radical (unpaired) electrons. The van der Waals surface area contributed by atoms with E-state index in [2.05, 4.69) is 20.8 Å². The third kappa shape index (κ3) is 5.71. The van der Waals surface area contributed by atoms with Gasteiger partial charge in [-0.15, -0.1) is 10.2 Å². The highest BCUT2D eigenvalue weighted by Gasteiger charge is 2.25. The zero-order chi connectivity index (χ0) is 24.9. The van der Waals surface area contributed by atoms with Crippen LogP contribution in [-0.4, -0.2) is 32.3 Å². The van der Waals surface area contributed by atoms with Crippen molar-refractivity contribution < 1.29 is 9.59 Å². The van der Waals surface area contributed by atoms with Crippen LogP contribution >= 0.6 is 11.8 Å². The van der Waals surface area contributed by atoms with E-state index in [1.807, 2.05) is 99.1 Å². The van der Waals surface area contributed by atoms with Crippen LogP contribution in [-0.2, 0) is 11.8 Å². The van der Waals surface area contributed by atoms with Gasteiger partial charge in [0, 0.05) is 23.7 Å². The molecule has 0 saturated carbocycles. The summed E-state index contributed by atoms with van der Waals surface area (Å²) < 4.78 is 1.84. The van der Waals surface area contributed by atoms with Crippen molar-refractivity contribution in [3.8, 4) is 0 Å². The van der Waals surface area contributed by atoms with Crippen molar-refractivity contribution in [1.29, 1.82) is 0 Å². The van der Waals surface area contributed by atoms with E-state index in [9.17, 15) is 9.59 Å². The Hall–Kier alpha value is -3.65. The molecular weight excluding hydrogens is 458 g/mol. The van der Waals surface area contributed by atoms with Crippen molar-refractivity contribution >= 4 is 40.0 Å². The van der Waals surface area contributed by atoms with Crippen molar-refractivity contribution in [2.45, 2.75) is 32.0 Å². The summed E-state index contributed by atoms with van der Waals surface area (Å²) in [6, 6.07) is 20.9. The Kier molecular flexibility index (Phi) is 7.51. The predicted octanol–water partition coefficient (Wildman–Crippen LogP) is 5.13. The van der Waals surface area contributed by atoms with Crippen molar-refractivity contribution in [2.75, 3.05) is 11.1 Å². The molecule has 1 heterocycles. The first kappa shape index (κ1) is 24.5. The Labute approximate surface area is 209 Å². The topological polar surface area (TPSA) is 88.9 Å². The van der Waals surface area contributed by atoms with E-state index in [1.165, 1.54) is 11.8 Å². The number of benzene rings is 3. The minimum Gasteiger partial charge on any atom is -0.342 e. The first-order chi connectivity index (χ1) is 16.8. The summed E-state index contributed by atoms with van der Waals surface area (Å²) in [4.78, 5) is 25.5. The summed E-state index contributed by atoms with van der Waals surface area (Å²) in [7, 11) is 1.85. The van der Waals surface area contributed by atoms with Gasteiger partial charge in [-0.1, -0.05) is 79.7 Å². The number of anilines is 1. The molecule has 8 heteroatoms. The lowest BCUT2D eigenvalue weighted by Crippen LogP contribution is -2.33. The molecule has 1 atom stereocenters. The minimum atomic E-state index is -0.319. The summed E-state index contributed by atoms with van der Waals surface area (Å²) in [6.07, 6.45) is 0. The molecule has 3 aromatic carbocycles. The van der Waals surface area contributed by atoms with Crippen molar-refractivity contribution in [2.24, 2.45) is 13.0 Å². The second-order valence-electron chi connectivity index (χ2n) is 8.82. The molecule has 0 spiro atoms. The van der Waals surface area contributed by atoms with Crippen LogP contribution in [0, 0.1) is 12.8 Å². The van der Waals surface area contributed by atoms with Crippen LogP contribution in [0.15, 0.2) is 71.9 Å². The quantitative estimate of drug-likeness (QED) is 0.336. The monoisotopic (exact) mass is 487 g/mol. The lowest BCUT2D eigenvalue weighted by Gasteiger charge is -2.21. The second kappa shape index (κ2) is 10.7. The van der Waals surface area contributed by atoms with E-state index < -0.39 is 0 Å². The van der Waals surface area contributed by atoms with Gasteiger partial charge in [0.15, 0.2) is 11.0 Å². The number of aromatic nitrogens is 3. The Morgan fingerprint density at radius 1 is 0.971 bits per heavy atom. The van der Waals surface area contributed by atoms with Crippen molar-refractivity contribution in [3.63, 3.8) is 0 Å². The third-order valence-electron chi connectivity index (χ3n) is 5.81. The fraction of sp³-hybridized carbons (Fsp3) is 0.259. The molecule has 4 rings (SSSR count). The number of nitrogens with zero attached hydrogens (tertiary/aromatic N) is 3. The van der Waals surface area contributed by atoms with Crippen LogP contribution in [0.4, 0.5) is 5.69 Å². The molecule has 0 aliphatic carbocycles. The number of aryl methyl sites for hydroxylation is 1. The van der Waals surface area contributed by atoms with Gasteiger partial charge < -0.3 is 15.2 Å². The van der Waals surface area contributed by atoms with Crippen LogP contribution in [0.3, 0.4) is 0 Å². The maximum Gasteiger partial charge on any atom is 0.251 e. The standard InChI is InChI=1S/C27H29N5O2S/c1-17(2)24(29-26(34)20-14-12-18(3)13-15-20)25-30-31-27(32(25)4)35-16-23(33)28-22-11-7-9-19-8-5-6-10-21(19)22/h5-15,17,24H,16H2,1-4H3,(H,28,33)(H,29,34)/t24-/m1/s1. The highest BCUT2D eigenvalue weighted by molar-refractivity contribution is 7.99. The number of rotatable bonds is 8. The molecule has 0 aliphatic heterocycles. The maximum absolute atomic E-state index is 12.8. The minimum absolute atomic E-state index is 0.0970. The van der Waals surface area contributed by atoms with Gasteiger partial charge in [-0.3, -0.25) is 9.59 Å². The number of thioether (sulfide) groups is 1. The number of fused-ring (bicyclic) bond motifs is 1. The summed E-state index contributed by atoms with van der Waals surface area (Å²) in [5, 5.41) is 17.4. The van der Waals surface area contributed by atoms with Gasteiger partial charge in [0.1, 0.15) is 0 Å². The first-order valence-corrected chi connectivity index (χ1v) is 12.5. The number of carbonyl (C=O) groups is 2. The van der Waals surface area contributed by atoms with E-state index in [0.29, 0.717) is 16.5 Å². The second-order valence-corrected chi connectivity index (χ2v) is 9.77. The number of hydrogen-bond acceptors (Lipinski definition) is 5. The van der Waals surface area contributed by atoms with Gasteiger partial charge >= 0.3 is 0 Å². The van der Waals surface area contributed by atoms with Gasteiger partial charge in [-0.25, -0.2) is 0 Å². The number of carbonyl (C=O) groups excluding carboxylic acids is 2. The summed E-state index contributed by atoms with van der Waals surface area (Å²) in [6.45, 7) is 6.04. The Morgan fingerprint density at radius 3 is 2.43 bits per heavy atom. The molecule has 0 fully saturated rings. The van der Waals surface area contributed by atoms with Crippen molar-refractivity contribution in [1.82, 2.24) is 20.1 Å². The van der Waals surface area contributed by atoms with Gasteiger partial charge in [0.2, 0.25) is 5.91 Å². The molecule has 0 saturated heterocycles. The third-order valence-corrected chi connectivity index (χ3v) is 6.83. The highest BCUT2D eigenvalue weighted by Crippen LogP contribution is 2.26. The Balaban J connectivity index is 1.42. The van der Waals surface area contributed by atoms with Gasteiger partial charge in [0.05, 0.1) is 11.8 Å². The summed E-state index contributed by atoms with van der Waals surface area (Å²) >= 11 is 1.31. The first-order valence-electron chi connectivity index (χ1n) is 11.5. The predicted molar refractivity (Wildman–Crippen MR) is 141 cm³/mol. The fourth-order valence-electron chi connectivity index (χ4n) is 3.83. The summed E-state index contributed by atoms with van der Waals surface area (Å²) in [5.74, 6) is 0.661. The lowest BCUT2D eigenvalue weighted by atomic mass is 10.0. The van der Waals surface area contributed by atoms with Crippen molar-refractivity contribution in [3.05, 3.63) is 83.7 Å². The van der Waals surface area contributed by atoms with Crippen LogP contribution < -0.4 is 10.6 Å². The molecule has 7 nitrogen and oxygen atoms in total. The zero-order valence-corrected chi connectivity index (χ0v) is 21.1. The number of amides is 2. The SMILES string of the molecule is Cc1ccc(C(=O)N[C@@H](c2nnc(SCC(=O)Nc3cccc4ccccc34)n2C)C(C)C)cc1. The average molecular weight is 488 g/mol. The molecule has 0 bridgehead atoms. The zero-order valence-electron chi connectivity index (χ0n) is 20.3. The van der Waals surface area contributed by atoms with E-state index in [1.54, 1.807) is 0 Å². The molecule has 0 unspecified atom stereocenters. The van der Waals surface area contributed by atoms with Gasteiger partial charge in [0.25, 0.3) is 5.91 Å². The van der Waals surface area contributed by atoms with E-state index in [0.717, 1.165) is 22.0 Å². The average Bonchev–Trinajstić information content (AvgIpc) is 3.21. The molecule has 4 aromatic rings. The summed E-state index contributed by atoms with van der Waals surface area (Å²) in [5.41, 5.74) is 2.48. The van der Waals surface area contributed by atoms with Crippen LogP contribution in [0.1, 0.15) is 41.6 Å². The molecule has 180 valence electrons. The van der Waals surface area contributed by atoms with Crippen LogP contribution in [0.25, 0.3) is 10.8 Å². The number of hydrogen-bond donors (Lipinski definition) is 2. The van der Waals surface area contributed by atoms with Gasteiger partial charge in [-0.2, -0.15) is 0 Å². The van der Waals surface area contributed by atoms with Gasteiger partial charge in [-0.05, 0) is 36.4 Å². The van der Waals surface area contributed by atoms with E-state index in [-0.39, 0.29) is 29.5 Å². The molecule has 0 aliphatic rings. The Bertz CT molecular complexity index is 1340. The Morgan fingerprint density at radius 2 is 1.69 bits per heavy atom. The molecule has 2 amide bonds. The lowest BCUT2D eigenvalue weighted by molar-refractivity contribution is -0.113. The fourth-order valence-corrected chi connectivity index (χ4v) is 4.55. The largest absolute Gasteiger partial charge is 0.342 e. The van der Waals surface area contributed by atoms with Crippen LogP contribution in [0.2, 0.25) is 0 Å². The molecule has 2 N–H and O–H groups in total. The normalized spacial score (nSPS) is 12.0. The molecule has 1 aromatic heterocycles. The van der Waals surface area contributed by atoms with E-state index in [4.69, 9.17) is 0 Å².